The molecule has 1 aromatic rings. The lowest BCUT2D eigenvalue weighted by atomic mass is 10.1. The van der Waals surface area contributed by atoms with Crippen LogP contribution < -0.4 is 5.32 Å². The molecule has 0 saturated heterocycles. The van der Waals surface area contributed by atoms with Crippen LogP contribution in [0.5, 0.6) is 0 Å². The molecule has 18 heavy (non-hydrogen) atoms. The van der Waals surface area contributed by atoms with E-state index < -0.39 is 11.7 Å². The molecule has 0 radical (unpaired) electrons. The Morgan fingerprint density at radius 1 is 1.61 bits per heavy atom. The average molecular weight is 339 g/mol. The summed E-state index contributed by atoms with van der Waals surface area (Å²) in [5.41, 5.74) is 0.132. The van der Waals surface area contributed by atoms with E-state index in [-0.39, 0.29) is 16.6 Å². The molecule has 1 unspecified atom stereocenters. The largest absolute Gasteiger partial charge is 0.383 e. The monoisotopic (exact) mass is 337 g/mol. The minimum absolute atomic E-state index is 0.132. The molecule has 0 aliphatic carbocycles. The van der Waals surface area contributed by atoms with Gasteiger partial charge in [-0.3, -0.25) is 4.79 Å². The molecule has 0 fully saturated rings. The van der Waals surface area contributed by atoms with E-state index in [1.54, 1.807) is 7.11 Å². The minimum atomic E-state index is -0.604. The second kappa shape index (κ2) is 7.71. The first-order valence-corrected chi connectivity index (χ1v) is 6.89. The van der Waals surface area contributed by atoms with Crippen LogP contribution in [0, 0.1) is 5.82 Å². The van der Waals surface area contributed by atoms with E-state index >= 15 is 0 Å². The summed E-state index contributed by atoms with van der Waals surface area (Å²) < 4.78 is 18.2. The number of nitrogens with one attached hydrogen (secondary N) is 1. The number of carbonyl (C=O) groups is 1. The average Bonchev–Trinajstić information content (AvgIpc) is 2.33. The highest BCUT2D eigenvalue weighted by atomic mass is 79.9. The molecular weight excluding hydrogens is 324 g/mol. The van der Waals surface area contributed by atoms with Crippen LogP contribution in [0.2, 0.25) is 5.02 Å². The van der Waals surface area contributed by atoms with Gasteiger partial charge in [0.2, 0.25) is 0 Å². The molecule has 0 aliphatic rings. The Bertz CT molecular complexity index is 411. The van der Waals surface area contributed by atoms with E-state index in [2.05, 4.69) is 21.2 Å². The third-order valence-corrected chi connectivity index (χ3v) is 3.20. The fourth-order valence-corrected chi connectivity index (χ4v) is 2.24. The number of benzene rings is 1. The lowest BCUT2D eigenvalue weighted by molar-refractivity contribution is 0.0895. The number of methoxy groups -OCH3 is 1. The quantitative estimate of drug-likeness (QED) is 0.810. The Kier molecular flexibility index (Phi) is 6.60. The van der Waals surface area contributed by atoms with Crippen LogP contribution in [0.25, 0.3) is 0 Å². The Labute approximate surface area is 119 Å². The van der Waals surface area contributed by atoms with E-state index in [1.165, 1.54) is 18.2 Å². The maximum atomic E-state index is 13.2. The molecular formula is C12H14BrClFNO2. The van der Waals surface area contributed by atoms with Crippen molar-refractivity contribution in [1.82, 2.24) is 5.32 Å². The standard InChI is InChI=1S/C12H14BrClFNO2/c1-18-7-8(5-6-13)16-12(17)9-3-2-4-10(15)11(9)14/h2-4,8H,5-7H2,1H3,(H,16,17). The molecule has 100 valence electrons. The lowest BCUT2D eigenvalue weighted by Crippen LogP contribution is -2.38. The third kappa shape index (κ3) is 4.23. The molecule has 3 nitrogen and oxygen atoms in total. The predicted molar refractivity (Wildman–Crippen MR) is 73.0 cm³/mol. The molecule has 0 aromatic heterocycles. The van der Waals surface area contributed by atoms with Gasteiger partial charge in [0.15, 0.2) is 0 Å². The second-order valence-corrected chi connectivity index (χ2v) is 4.88. The molecule has 1 atom stereocenters. The Morgan fingerprint density at radius 3 is 2.94 bits per heavy atom. The van der Waals surface area contributed by atoms with Gasteiger partial charge in [-0.1, -0.05) is 33.6 Å². The number of alkyl halides is 1. The van der Waals surface area contributed by atoms with E-state index in [0.717, 1.165) is 5.33 Å². The summed E-state index contributed by atoms with van der Waals surface area (Å²) >= 11 is 9.05. The summed E-state index contributed by atoms with van der Waals surface area (Å²) in [7, 11) is 1.56. The Hall–Kier alpha value is -0.650. The van der Waals surface area contributed by atoms with Gasteiger partial charge in [-0.05, 0) is 18.6 Å². The van der Waals surface area contributed by atoms with E-state index in [9.17, 15) is 9.18 Å². The number of hydrogen-bond acceptors (Lipinski definition) is 2. The van der Waals surface area contributed by atoms with E-state index in [1.807, 2.05) is 0 Å². The summed E-state index contributed by atoms with van der Waals surface area (Å²) in [6.45, 7) is 0.393. The molecule has 0 aliphatic heterocycles. The van der Waals surface area contributed by atoms with Crippen molar-refractivity contribution >= 4 is 33.4 Å². The normalized spacial score (nSPS) is 12.2. The van der Waals surface area contributed by atoms with Gasteiger partial charge in [-0.25, -0.2) is 4.39 Å². The number of carbonyl (C=O) groups excluding carboxylic acids is 1. The molecule has 1 N–H and O–H groups in total. The third-order valence-electron chi connectivity index (χ3n) is 2.36. The molecule has 0 heterocycles. The fourth-order valence-electron chi connectivity index (χ4n) is 1.47. The van der Waals surface area contributed by atoms with Crippen LogP contribution in [0.1, 0.15) is 16.8 Å². The summed E-state index contributed by atoms with van der Waals surface area (Å²) in [4.78, 5) is 11.9. The first-order valence-electron chi connectivity index (χ1n) is 5.40. The van der Waals surface area contributed by atoms with Gasteiger partial charge in [0.25, 0.3) is 5.91 Å². The number of hydrogen-bond donors (Lipinski definition) is 1. The maximum Gasteiger partial charge on any atom is 0.253 e. The minimum Gasteiger partial charge on any atom is -0.383 e. The zero-order chi connectivity index (χ0) is 13.5. The topological polar surface area (TPSA) is 38.3 Å². The maximum absolute atomic E-state index is 13.2. The summed E-state index contributed by atoms with van der Waals surface area (Å²) in [6, 6.07) is 4.01. The van der Waals surface area contributed by atoms with E-state index in [4.69, 9.17) is 16.3 Å². The first kappa shape index (κ1) is 15.4. The highest BCUT2D eigenvalue weighted by Crippen LogP contribution is 2.19. The summed E-state index contributed by atoms with van der Waals surface area (Å²) in [6.07, 6.45) is 0.715. The number of halogens is 3. The predicted octanol–water partition coefficient (Wildman–Crippen LogP) is 3.01. The van der Waals surface area contributed by atoms with Gasteiger partial charge in [0.05, 0.1) is 23.2 Å². The Morgan fingerprint density at radius 2 is 2.33 bits per heavy atom. The highest BCUT2D eigenvalue weighted by molar-refractivity contribution is 9.09. The van der Waals surface area contributed by atoms with Crippen molar-refractivity contribution < 1.29 is 13.9 Å². The molecule has 0 spiro atoms. The van der Waals surface area contributed by atoms with Crippen LogP contribution in [0.4, 0.5) is 4.39 Å². The van der Waals surface area contributed by atoms with Crippen molar-refractivity contribution in [3.8, 4) is 0 Å². The zero-order valence-corrected chi connectivity index (χ0v) is 12.2. The number of amides is 1. The van der Waals surface area contributed by atoms with Crippen molar-refractivity contribution in [2.75, 3.05) is 19.0 Å². The van der Waals surface area contributed by atoms with Crippen molar-refractivity contribution in [3.05, 3.63) is 34.6 Å². The summed E-state index contributed by atoms with van der Waals surface area (Å²) in [5.74, 6) is -1.00. The van der Waals surface area contributed by atoms with Gasteiger partial charge in [-0.2, -0.15) is 0 Å². The van der Waals surface area contributed by atoms with Crippen molar-refractivity contribution in [3.63, 3.8) is 0 Å². The molecule has 1 rings (SSSR count). The smallest absolute Gasteiger partial charge is 0.253 e. The van der Waals surface area contributed by atoms with Crippen molar-refractivity contribution in [1.29, 1.82) is 0 Å². The van der Waals surface area contributed by atoms with Gasteiger partial charge >= 0.3 is 0 Å². The molecule has 0 saturated carbocycles. The number of ether oxygens (including phenoxy) is 1. The van der Waals surface area contributed by atoms with Crippen LogP contribution in [-0.4, -0.2) is 31.0 Å². The zero-order valence-electron chi connectivity index (χ0n) is 9.88. The van der Waals surface area contributed by atoms with Gasteiger partial charge in [0.1, 0.15) is 5.82 Å². The van der Waals surface area contributed by atoms with Gasteiger partial charge in [-0.15, -0.1) is 0 Å². The Balaban J connectivity index is 2.77. The van der Waals surface area contributed by atoms with Gasteiger partial charge < -0.3 is 10.1 Å². The van der Waals surface area contributed by atoms with Crippen LogP contribution in [0.3, 0.4) is 0 Å². The van der Waals surface area contributed by atoms with Crippen LogP contribution >= 0.6 is 27.5 Å². The lowest BCUT2D eigenvalue weighted by Gasteiger charge is -2.17. The van der Waals surface area contributed by atoms with Crippen molar-refractivity contribution in [2.45, 2.75) is 12.5 Å². The first-order chi connectivity index (χ1) is 8.60. The van der Waals surface area contributed by atoms with E-state index in [0.29, 0.717) is 13.0 Å². The van der Waals surface area contributed by atoms with Gasteiger partial charge in [0, 0.05) is 12.4 Å². The number of rotatable bonds is 6. The SMILES string of the molecule is COCC(CCBr)NC(=O)c1cccc(F)c1Cl. The molecule has 6 heteroatoms. The van der Waals surface area contributed by atoms with Crippen molar-refractivity contribution in [2.24, 2.45) is 0 Å². The van der Waals surface area contributed by atoms with Crippen LogP contribution in [-0.2, 0) is 4.74 Å². The second-order valence-electron chi connectivity index (χ2n) is 3.70. The fraction of sp³-hybridized carbons (Fsp3) is 0.417. The molecule has 0 bridgehead atoms. The highest BCUT2D eigenvalue weighted by Gasteiger charge is 2.17. The molecule has 1 aromatic carbocycles. The van der Waals surface area contributed by atoms with Crippen LogP contribution in [0.15, 0.2) is 18.2 Å². The summed E-state index contributed by atoms with van der Waals surface area (Å²) in [5, 5.41) is 3.33. The molecule has 1 amide bonds.